The number of halogens is 1. The highest BCUT2D eigenvalue weighted by Gasteiger charge is 2.32. The van der Waals surface area contributed by atoms with Crippen molar-refractivity contribution in [2.24, 2.45) is 5.92 Å². The Bertz CT molecular complexity index is 384. The molecule has 1 aromatic heterocycles. The van der Waals surface area contributed by atoms with E-state index in [1.165, 1.54) is 12.8 Å². The van der Waals surface area contributed by atoms with Gasteiger partial charge in [0.25, 0.3) is 0 Å². The van der Waals surface area contributed by atoms with E-state index in [-0.39, 0.29) is 0 Å². The van der Waals surface area contributed by atoms with Gasteiger partial charge in [0.1, 0.15) is 9.52 Å². The third kappa shape index (κ3) is 2.54. The highest BCUT2D eigenvalue weighted by atomic mass is 127. The highest BCUT2D eigenvalue weighted by molar-refractivity contribution is 14.1. The lowest BCUT2D eigenvalue weighted by molar-refractivity contribution is -0.0358. The topological polar surface area (TPSA) is 38.2 Å². The number of ether oxygens (including phenoxy) is 1. The van der Waals surface area contributed by atoms with Crippen LogP contribution in [0.15, 0.2) is 12.4 Å². The minimum Gasteiger partial charge on any atom is -0.378 e. The van der Waals surface area contributed by atoms with E-state index in [1.807, 2.05) is 12.4 Å². The molecule has 0 saturated carbocycles. The Hall–Kier alpha value is -0.430. The molecule has 0 spiro atoms. The van der Waals surface area contributed by atoms with Crippen molar-refractivity contribution < 1.29 is 4.74 Å². The first-order chi connectivity index (χ1) is 8.33. The predicted octanol–water partition coefficient (Wildman–Crippen LogP) is 2.09. The Balaban J connectivity index is 1.71. The molecule has 2 atom stereocenters. The van der Waals surface area contributed by atoms with Crippen LogP contribution in [-0.2, 0) is 4.74 Å². The van der Waals surface area contributed by atoms with Crippen molar-refractivity contribution in [2.45, 2.75) is 25.4 Å². The molecule has 2 aliphatic heterocycles. The average Bonchev–Trinajstić information content (AvgIpc) is 2.39. The Labute approximate surface area is 115 Å². The summed E-state index contributed by atoms with van der Waals surface area (Å²) >= 11 is 2.19. The van der Waals surface area contributed by atoms with Gasteiger partial charge in [-0.2, -0.15) is 0 Å². The largest absolute Gasteiger partial charge is 0.378 e. The fourth-order valence-corrected chi connectivity index (χ4v) is 3.04. The van der Waals surface area contributed by atoms with Crippen molar-refractivity contribution in [3.8, 4) is 0 Å². The molecule has 17 heavy (non-hydrogen) atoms. The van der Waals surface area contributed by atoms with Crippen LogP contribution in [0.1, 0.15) is 19.3 Å². The van der Waals surface area contributed by atoms with Crippen molar-refractivity contribution >= 4 is 28.4 Å². The number of nitrogens with zero attached hydrogens (tertiary/aromatic N) is 3. The molecule has 2 saturated heterocycles. The minimum absolute atomic E-state index is 0.483. The molecule has 0 aliphatic carbocycles. The van der Waals surface area contributed by atoms with Gasteiger partial charge in [-0.1, -0.05) is 0 Å². The summed E-state index contributed by atoms with van der Waals surface area (Å²) in [6.45, 7) is 3.06. The first kappa shape index (κ1) is 11.6. The fourth-order valence-electron chi connectivity index (χ4n) is 2.76. The van der Waals surface area contributed by atoms with Crippen LogP contribution < -0.4 is 4.90 Å². The number of hydrogen-bond donors (Lipinski definition) is 0. The van der Waals surface area contributed by atoms with E-state index >= 15 is 0 Å². The van der Waals surface area contributed by atoms with Crippen molar-refractivity contribution in [3.05, 3.63) is 16.1 Å². The third-order valence-corrected chi connectivity index (χ3v) is 4.20. The summed E-state index contributed by atoms with van der Waals surface area (Å²) in [5.41, 5.74) is 0. The van der Waals surface area contributed by atoms with Crippen LogP contribution in [0.5, 0.6) is 0 Å². The molecule has 92 valence electrons. The average molecular weight is 345 g/mol. The molecule has 2 fully saturated rings. The van der Waals surface area contributed by atoms with Crippen molar-refractivity contribution in [1.82, 2.24) is 9.97 Å². The number of fused-ring (bicyclic) bond motifs is 1. The minimum atomic E-state index is 0.483. The van der Waals surface area contributed by atoms with Crippen molar-refractivity contribution in [1.29, 1.82) is 0 Å². The zero-order valence-electron chi connectivity index (χ0n) is 9.68. The van der Waals surface area contributed by atoms with E-state index in [0.717, 1.165) is 35.6 Å². The van der Waals surface area contributed by atoms with Gasteiger partial charge in [-0.25, -0.2) is 9.97 Å². The lowest BCUT2D eigenvalue weighted by Gasteiger charge is -2.41. The molecule has 0 amide bonds. The van der Waals surface area contributed by atoms with Gasteiger partial charge >= 0.3 is 0 Å². The second kappa shape index (κ2) is 5.06. The van der Waals surface area contributed by atoms with Gasteiger partial charge in [-0.15, -0.1) is 0 Å². The number of piperidine rings is 1. The fraction of sp³-hybridized carbons (Fsp3) is 0.667. The lowest BCUT2D eigenvalue weighted by atomic mass is 9.88. The van der Waals surface area contributed by atoms with Gasteiger partial charge in [-0.3, -0.25) is 0 Å². The van der Waals surface area contributed by atoms with E-state index in [0.29, 0.717) is 12.0 Å². The van der Waals surface area contributed by atoms with Gasteiger partial charge in [0.15, 0.2) is 0 Å². The van der Waals surface area contributed by atoms with Gasteiger partial charge < -0.3 is 9.64 Å². The SMILES string of the molecule is Ic1cnc(N2CCC3OCCCC3C2)cn1. The summed E-state index contributed by atoms with van der Waals surface area (Å²) in [5.74, 6) is 1.69. The molecule has 1 aromatic rings. The molecule has 2 unspecified atom stereocenters. The van der Waals surface area contributed by atoms with E-state index < -0.39 is 0 Å². The van der Waals surface area contributed by atoms with E-state index in [1.54, 1.807) is 0 Å². The van der Waals surface area contributed by atoms with Gasteiger partial charge in [0.2, 0.25) is 0 Å². The van der Waals surface area contributed by atoms with Gasteiger partial charge in [0, 0.05) is 25.6 Å². The van der Waals surface area contributed by atoms with Crippen LogP contribution >= 0.6 is 22.6 Å². The monoisotopic (exact) mass is 345 g/mol. The summed E-state index contributed by atoms with van der Waals surface area (Å²) < 4.78 is 6.77. The molecule has 0 aromatic carbocycles. The molecular formula is C12H16IN3O. The number of aromatic nitrogens is 2. The number of rotatable bonds is 1. The first-order valence-electron chi connectivity index (χ1n) is 6.17. The second-order valence-corrected chi connectivity index (χ2v) is 5.85. The Morgan fingerprint density at radius 3 is 3.06 bits per heavy atom. The van der Waals surface area contributed by atoms with Crippen LogP contribution in [-0.4, -0.2) is 35.8 Å². The van der Waals surface area contributed by atoms with Crippen LogP contribution in [0.2, 0.25) is 0 Å². The van der Waals surface area contributed by atoms with E-state index in [4.69, 9.17) is 4.74 Å². The predicted molar refractivity (Wildman–Crippen MR) is 74.0 cm³/mol. The third-order valence-electron chi connectivity index (χ3n) is 3.65. The smallest absolute Gasteiger partial charge is 0.147 e. The van der Waals surface area contributed by atoms with E-state index in [9.17, 15) is 0 Å². The molecule has 0 N–H and O–H groups in total. The number of anilines is 1. The standard InChI is InChI=1S/C12H16IN3O/c13-11-6-15-12(7-14-11)16-4-3-10-9(8-16)2-1-5-17-10/h6-7,9-10H,1-5,8H2. The summed E-state index contributed by atoms with van der Waals surface area (Å²) in [4.78, 5) is 11.1. The molecule has 3 heterocycles. The van der Waals surface area contributed by atoms with Crippen LogP contribution in [0.25, 0.3) is 0 Å². The summed E-state index contributed by atoms with van der Waals surface area (Å²) in [7, 11) is 0. The molecule has 0 bridgehead atoms. The molecule has 0 radical (unpaired) electrons. The quantitative estimate of drug-likeness (QED) is 0.731. The Morgan fingerprint density at radius 2 is 2.24 bits per heavy atom. The summed E-state index contributed by atoms with van der Waals surface area (Å²) in [6.07, 6.45) is 7.81. The zero-order chi connectivity index (χ0) is 11.7. The Kier molecular flexibility index (Phi) is 3.46. The molecule has 2 aliphatic rings. The highest BCUT2D eigenvalue weighted by Crippen LogP contribution is 2.29. The normalized spacial score (nSPS) is 28.9. The van der Waals surface area contributed by atoms with Crippen LogP contribution in [0.4, 0.5) is 5.82 Å². The van der Waals surface area contributed by atoms with Gasteiger partial charge in [-0.05, 0) is 41.9 Å². The van der Waals surface area contributed by atoms with Crippen molar-refractivity contribution in [3.63, 3.8) is 0 Å². The first-order valence-corrected chi connectivity index (χ1v) is 7.25. The van der Waals surface area contributed by atoms with Crippen LogP contribution in [0.3, 0.4) is 0 Å². The zero-order valence-corrected chi connectivity index (χ0v) is 11.8. The van der Waals surface area contributed by atoms with Crippen LogP contribution in [0, 0.1) is 9.62 Å². The maximum absolute atomic E-state index is 5.82. The summed E-state index contributed by atoms with van der Waals surface area (Å²) in [5, 5.41) is 0. The molecule has 4 nitrogen and oxygen atoms in total. The van der Waals surface area contributed by atoms with Gasteiger partial charge in [0.05, 0.1) is 18.5 Å². The Morgan fingerprint density at radius 1 is 1.29 bits per heavy atom. The second-order valence-electron chi connectivity index (χ2n) is 4.74. The number of hydrogen-bond acceptors (Lipinski definition) is 4. The van der Waals surface area contributed by atoms with E-state index in [2.05, 4.69) is 37.5 Å². The molecule has 3 rings (SSSR count). The maximum atomic E-state index is 5.82. The molecule has 5 heteroatoms. The maximum Gasteiger partial charge on any atom is 0.147 e. The summed E-state index contributed by atoms with van der Waals surface area (Å²) in [6, 6.07) is 0. The lowest BCUT2D eigenvalue weighted by Crippen LogP contribution is -2.46. The van der Waals surface area contributed by atoms with Crippen molar-refractivity contribution in [2.75, 3.05) is 24.6 Å². The molecular weight excluding hydrogens is 329 g/mol.